The molecule has 0 saturated carbocycles. The summed E-state index contributed by atoms with van der Waals surface area (Å²) in [6.45, 7) is -0.538. The number of nitro groups is 1. The van der Waals surface area contributed by atoms with Gasteiger partial charge in [0.25, 0.3) is 11.6 Å². The van der Waals surface area contributed by atoms with Gasteiger partial charge >= 0.3 is 5.97 Å². The number of thiophene rings is 1. The van der Waals surface area contributed by atoms with Crippen molar-refractivity contribution < 1.29 is 24.0 Å². The molecule has 0 bridgehead atoms. The number of rotatable bonds is 7. The summed E-state index contributed by atoms with van der Waals surface area (Å²) < 4.78 is 11.0. The number of non-ortho nitro benzene ring substituents is 1. The number of methoxy groups -OCH3 is 1. The maximum Gasteiger partial charge on any atom is 0.331 e. The van der Waals surface area contributed by atoms with E-state index in [1.165, 1.54) is 48.8 Å². The molecular weight excluding hydrogens is 432 g/mol. The maximum absolute atomic E-state index is 12.0. The smallest absolute Gasteiger partial charge is 0.331 e. The number of esters is 1. The van der Waals surface area contributed by atoms with Gasteiger partial charge in [-0.1, -0.05) is 29.8 Å². The summed E-state index contributed by atoms with van der Waals surface area (Å²) in [5.74, 6) is -1.22. The lowest BCUT2D eigenvalue weighted by Crippen LogP contribution is -2.20. The first kappa shape index (κ1) is 21.3. The van der Waals surface area contributed by atoms with Crippen LogP contribution in [0.15, 0.2) is 48.5 Å². The molecule has 0 aliphatic carbocycles. The zero-order valence-electron chi connectivity index (χ0n) is 15.6. The Morgan fingerprint density at radius 2 is 2.03 bits per heavy atom. The molecule has 30 heavy (non-hydrogen) atoms. The number of ether oxygens (including phenoxy) is 2. The van der Waals surface area contributed by atoms with Crippen LogP contribution in [-0.4, -0.2) is 30.5 Å². The molecule has 0 atom stereocenters. The van der Waals surface area contributed by atoms with Gasteiger partial charge in [-0.25, -0.2) is 4.79 Å². The van der Waals surface area contributed by atoms with Crippen LogP contribution in [0, 0.1) is 10.1 Å². The summed E-state index contributed by atoms with van der Waals surface area (Å²) in [6.07, 6.45) is 2.73. The van der Waals surface area contributed by atoms with Crippen molar-refractivity contribution in [3.63, 3.8) is 0 Å². The standard InChI is InChI=1S/C20H15ClN2O6S/c1-28-15-10-12(23(26)27)6-7-14(15)22-18(24)11-29-19(25)9-8-17-20(21)13-4-2-3-5-16(13)30-17/h2-10H,11H2,1H3,(H,22,24)/b9-8+. The Kier molecular flexibility index (Phi) is 6.65. The molecule has 8 nitrogen and oxygen atoms in total. The Morgan fingerprint density at radius 1 is 1.27 bits per heavy atom. The van der Waals surface area contributed by atoms with Crippen molar-refractivity contribution in [1.82, 2.24) is 0 Å². The molecule has 0 unspecified atom stereocenters. The predicted octanol–water partition coefficient (Wildman–Crippen LogP) is 4.67. The second-order valence-corrected chi connectivity index (χ2v) is 7.37. The van der Waals surface area contributed by atoms with E-state index >= 15 is 0 Å². The van der Waals surface area contributed by atoms with Crippen molar-refractivity contribution in [2.45, 2.75) is 0 Å². The highest BCUT2D eigenvalue weighted by Crippen LogP contribution is 2.36. The van der Waals surface area contributed by atoms with E-state index in [1.54, 1.807) is 0 Å². The van der Waals surface area contributed by atoms with Crippen LogP contribution in [0.1, 0.15) is 4.88 Å². The van der Waals surface area contributed by atoms with Crippen LogP contribution < -0.4 is 10.1 Å². The van der Waals surface area contributed by atoms with Gasteiger partial charge in [0.1, 0.15) is 5.75 Å². The van der Waals surface area contributed by atoms with Crippen molar-refractivity contribution >= 4 is 62.4 Å². The number of anilines is 1. The first-order valence-electron chi connectivity index (χ1n) is 8.53. The zero-order valence-corrected chi connectivity index (χ0v) is 17.2. The molecule has 1 heterocycles. The van der Waals surface area contributed by atoms with Gasteiger partial charge in [0.15, 0.2) is 6.61 Å². The van der Waals surface area contributed by atoms with Crippen LogP contribution >= 0.6 is 22.9 Å². The minimum absolute atomic E-state index is 0.114. The third-order valence-corrected chi connectivity index (χ3v) is 5.60. The van der Waals surface area contributed by atoms with E-state index in [-0.39, 0.29) is 17.1 Å². The molecule has 0 radical (unpaired) electrons. The van der Waals surface area contributed by atoms with Crippen molar-refractivity contribution in [3.8, 4) is 5.75 Å². The topological polar surface area (TPSA) is 108 Å². The highest BCUT2D eigenvalue weighted by atomic mass is 35.5. The molecule has 10 heteroatoms. The Balaban J connectivity index is 1.58. The zero-order chi connectivity index (χ0) is 21.7. The molecule has 0 saturated heterocycles. The quantitative estimate of drug-likeness (QED) is 0.244. The number of hydrogen-bond acceptors (Lipinski definition) is 7. The minimum atomic E-state index is -0.714. The van der Waals surface area contributed by atoms with Crippen LogP contribution in [0.25, 0.3) is 16.2 Å². The number of carbonyl (C=O) groups excluding carboxylic acids is 2. The Morgan fingerprint density at radius 3 is 2.73 bits per heavy atom. The van der Waals surface area contributed by atoms with Gasteiger partial charge in [0.05, 0.1) is 28.8 Å². The lowest BCUT2D eigenvalue weighted by Gasteiger charge is -2.09. The van der Waals surface area contributed by atoms with E-state index in [2.05, 4.69) is 5.32 Å². The highest BCUT2D eigenvalue weighted by molar-refractivity contribution is 7.20. The monoisotopic (exact) mass is 446 g/mol. The first-order valence-corrected chi connectivity index (χ1v) is 9.72. The number of carbonyl (C=O) groups is 2. The average molecular weight is 447 g/mol. The second-order valence-electron chi connectivity index (χ2n) is 5.91. The van der Waals surface area contributed by atoms with Crippen LogP contribution in [-0.2, 0) is 14.3 Å². The molecule has 1 N–H and O–H groups in total. The van der Waals surface area contributed by atoms with Crippen molar-refractivity contribution in [2.75, 3.05) is 19.0 Å². The van der Waals surface area contributed by atoms with Gasteiger partial charge in [0, 0.05) is 27.1 Å². The van der Waals surface area contributed by atoms with Gasteiger partial charge in [-0.15, -0.1) is 11.3 Å². The number of nitrogens with zero attached hydrogens (tertiary/aromatic N) is 1. The molecule has 2 aromatic carbocycles. The number of benzene rings is 2. The van der Waals surface area contributed by atoms with Crippen molar-refractivity contribution in [1.29, 1.82) is 0 Å². The fourth-order valence-electron chi connectivity index (χ4n) is 2.55. The molecule has 3 aromatic rings. The van der Waals surface area contributed by atoms with Crippen LogP contribution in [0.2, 0.25) is 5.02 Å². The normalized spacial score (nSPS) is 10.9. The molecule has 3 rings (SSSR count). The van der Waals surface area contributed by atoms with E-state index < -0.39 is 23.4 Å². The number of fused-ring (bicyclic) bond motifs is 1. The van der Waals surface area contributed by atoms with E-state index in [9.17, 15) is 19.7 Å². The Hall–Kier alpha value is -3.43. The third kappa shape index (κ3) is 4.94. The van der Waals surface area contributed by atoms with Crippen molar-refractivity contribution in [3.05, 3.63) is 68.6 Å². The summed E-state index contributed by atoms with van der Waals surface area (Å²) in [6, 6.07) is 11.3. The van der Waals surface area contributed by atoms with Gasteiger partial charge in [-0.05, 0) is 18.2 Å². The molecule has 0 fully saturated rings. The van der Waals surface area contributed by atoms with Crippen LogP contribution in [0.5, 0.6) is 5.75 Å². The fraction of sp³-hybridized carbons (Fsp3) is 0.100. The number of halogens is 1. The maximum atomic E-state index is 12.0. The number of nitro benzene ring substituents is 1. The van der Waals surface area contributed by atoms with Crippen LogP contribution in [0.4, 0.5) is 11.4 Å². The molecular formula is C20H15ClN2O6S. The number of hydrogen-bond donors (Lipinski definition) is 1. The summed E-state index contributed by atoms with van der Waals surface area (Å²) in [7, 11) is 1.32. The molecule has 0 aliphatic heterocycles. The van der Waals surface area contributed by atoms with Gasteiger partial charge < -0.3 is 14.8 Å². The minimum Gasteiger partial charge on any atom is -0.494 e. The predicted molar refractivity (Wildman–Crippen MR) is 115 cm³/mol. The summed E-state index contributed by atoms with van der Waals surface area (Å²) in [5, 5.41) is 14.7. The lowest BCUT2D eigenvalue weighted by molar-refractivity contribution is -0.384. The van der Waals surface area contributed by atoms with E-state index in [1.807, 2.05) is 24.3 Å². The SMILES string of the molecule is COc1cc([N+](=O)[O-])ccc1NC(=O)COC(=O)/C=C/c1sc2ccccc2c1Cl. The summed E-state index contributed by atoms with van der Waals surface area (Å²) >= 11 is 7.74. The average Bonchev–Trinajstić information content (AvgIpc) is 3.06. The highest BCUT2D eigenvalue weighted by Gasteiger charge is 2.14. The van der Waals surface area contributed by atoms with Gasteiger partial charge in [-0.3, -0.25) is 14.9 Å². The second kappa shape index (κ2) is 9.38. The first-order chi connectivity index (χ1) is 14.4. The van der Waals surface area contributed by atoms with E-state index in [0.717, 1.165) is 10.1 Å². The largest absolute Gasteiger partial charge is 0.494 e. The summed E-state index contributed by atoms with van der Waals surface area (Å²) in [4.78, 5) is 34.9. The van der Waals surface area contributed by atoms with Gasteiger partial charge in [-0.2, -0.15) is 0 Å². The Bertz CT molecular complexity index is 1160. The fourth-order valence-corrected chi connectivity index (χ4v) is 3.95. The molecule has 154 valence electrons. The molecule has 0 spiro atoms. The molecule has 1 amide bonds. The summed E-state index contributed by atoms with van der Waals surface area (Å²) in [5.41, 5.74) is 0.0399. The van der Waals surface area contributed by atoms with Crippen LogP contribution in [0.3, 0.4) is 0 Å². The van der Waals surface area contributed by atoms with E-state index in [0.29, 0.717) is 9.90 Å². The third-order valence-electron chi connectivity index (χ3n) is 3.95. The lowest BCUT2D eigenvalue weighted by atomic mass is 10.2. The number of amides is 1. The van der Waals surface area contributed by atoms with E-state index in [4.69, 9.17) is 21.1 Å². The molecule has 0 aliphatic rings. The Labute approximate surface area is 179 Å². The van der Waals surface area contributed by atoms with Crippen molar-refractivity contribution in [2.24, 2.45) is 0 Å². The molecule has 1 aromatic heterocycles. The van der Waals surface area contributed by atoms with Gasteiger partial charge in [0.2, 0.25) is 0 Å². The number of nitrogens with one attached hydrogen (secondary N) is 1.